The molecule has 1 fully saturated rings. The average molecular weight is 321 g/mol. The van der Waals surface area contributed by atoms with Crippen molar-refractivity contribution in [1.29, 1.82) is 0 Å². The van der Waals surface area contributed by atoms with Crippen molar-refractivity contribution in [1.82, 2.24) is 15.2 Å². The highest BCUT2D eigenvalue weighted by Crippen LogP contribution is 2.23. The number of H-pyrrole nitrogens is 1. The highest BCUT2D eigenvalue weighted by atomic mass is 19.1. The van der Waals surface area contributed by atoms with E-state index >= 15 is 0 Å². The van der Waals surface area contributed by atoms with Crippen molar-refractivity contribution in [2.45, 2.75) is 19.8 Å². The number of aromatic nitrogens is 1. The summed E-state index contributed by atoms with van der Waals surface area (Å²) >= 11 is 0. The molecular weight excluding hydrogens is 300 g/mol. The maximum Gasteiger partial charge on any atom is 0.317 e. The number of rotatable bonds is 5. The predicted molar refractivity (Wildman–Crippen MR) is 85.8 cm³/mol. The second kappa shape index (κ2) is 6.56. The fourth-order valence-corrected chi connectivity index (χ4v) is 3.16. The normalized spacial score (nSPS) is 15.0. The van der Waals surface area contributed by atoms with Gasteiger partial charge in [-0.2, -0.15) is 0 Å². The molecule has 0 atom stereocenters. The SMILES string of the molecule is Cc1[nH]c2cc(F)ccc2c1CCNC(=O)N1CC(CCF)C1. The minimum Gasteiger partial charge on any atom is -0.358 e. The molecule has 2 heterocycles. The third-order valence-electron chi connectivity index (χ3n) is 4.49. The smallest absolute Gasteiger partial charge is 0.317 e. The molecule has 0 unspecified atom stereocenters. The molecule has 0 spiro atoms. The maximum absolute atomic E-state index is 13.3. The quantitative estimate of drug-likeness (QED) is 0.873. The fraction of sp³-hybridized carbons (Fsp3) is 0.471. The summed E-state index contributed by atoms with van der Waals surface area (Å²) in [6, 6.07) is 4.60. The number of amides is 2. The van der Waals surface area contributed by atoms with E-state index in [0.29, 0.717) is 38.4 Å². The number of aromatic amines is 1. The fourth-order valence-electron chi connectivity index (χ4n) is 3.16. The van der Waals surface area contributed by atoms with Crippen molar-refractivity contribution >= 4 is 16.9 Å². The minimum atomic E-state index is -0.319. The van der Waals surface area contributed by atoms with Gasteiger partial charge in [0.25, 0.3) is 0 Å². The van der Waals surface area contributed by atoms with Gasteiger partial charge in [0.15, 0.2) is 0 Å². The van der Waals surface area contributed by atoms with Crippen molar-refractivity contribution in [2.24, 2.45) is 5.92 Å². The second-order valence-electron chi connectivity index (χ2n) is 6.15. The molecule has 23 heavy (non-hydrogen) atoms. The van der Waals surface area contributed by atoms with Gasteiger partial charge in [0, 0.05) is 36.2 Å². The van der Waals surface area contributed by atoms with Gasteiger partial charge in [-0.15, -0.1) is 0 Å². The molecule has 1 aromatic carbocycles. The molecule has 0 aliphatic carbocycles. The van der Waals surface area contributed by atoms with E-state index in [4.69, 9.17) is 0 Å². The van der Waals surface area contributed by atoms with Crippen LogP contribution in [0.4, 0.5) is 13.6 Å². The largest absolute Gasteiger partial charge is 0.358 e. The number of aryl methyl sites for hydroxylation is 1. The lowest BCUT2D eigenvalue weighted by molar-refractivity contribution is 0.111. The highest BCUT2D eigenvalue weighted by Gasteiger charge is 2.29. The molecule has 3 rings (SSSR count). The zero-order chi connectivity index (χ0) is 16.4. The summed E-state index contributed by atoms with van der Waals surface area (Å²) < 4.78 is 25.4. The molecule has 1 aliphatic rings. The summed E-state index contributed by atoms with van der Waals surface area (Å²) in [7, 11) is 0. The van der Waals surface area contributed by atoms with Gasteiger partial charge in [-0.1, -0.05) is 0 Å². The first-order valence-electron chi connectivity index (χ1n) is 7.94. The van der Waals surface area contributed by atoms with Gasteiger partial charge < -0.3 is 15.2 Å². The van der Waals surface area contributed by atoms with E-state index in [9.17, 15) is 13.6 Å². The van der Waals surface area contributed by atoms with Gasteiger partial charge in [0.2, 0.25) is 0 Å². The molecular formula is C17H21F2N3O. The van der Waals surface area contributed by atoms with Crippen LogP contribution in [0.5, 0.6) is 0 Å². The number of urea groups is 1. The van der Waals surface area contributed by atoms with E-state index < -0.39 is 0 Å². The van der Waals surface area contributed by atoms with E-state index in [0.717, 1.165) is 22.2 Å². The molecule has 1 aromatic heterocycles. The maximum atomic E-state index is 13.3. The Balaban J connectivity index is 1.53. The molecule has 1 saturated heterocycles. The average Bonchev–Trinajstić information content (AvgIpc) is 2.77. The van der Waals surface area contributed by atoms with Crippen molar-refractivity contribution < 1.29 is 13.6 Å². The van der Waals surface area contributed by atoms with Crippen LogP contribution in [0.2, 0.25) is 0 Å². The second-order valence-corrected chi connectivity index (χ2v) is 6.15. The molecule has 4 nitrogen and oxygen atoms in total. The van der Waals surface area contributed by atoms with E-state index in [1.807, 2.05) is 6.92 Å². The molecule has 0 radical (unpaired) electrons. The number of halogens is 2. The lowest BCUT2D eigenvalue weighted by Gasteiger charge is -2.38. The number of likely N-dealkylation sites (tertiary alicyclic amines) is 1. The molecule has 2 N–H and O–H groups in total. The Hall–Kier alpha value is -2.11. The first-order chi connectivity index (χ1) is 11.1. The third-order valence-corrected chi connectivity index (χ3v) is 4.49. The highest BCUT2D eigenvalue weighted by molar-refractivity contribution is 5.84. The molecule has 1 aliphatic heterocycles. The monoisotopic (exact) mass is 321 g/mol. The Bertz CT molecular complexity index is 707. The summed E-state index contributed by atoms with van der Waals surface area (Å²) in [6.07, 6.45) is 1.22. The number of nitrogens with zero attached hydrogens (tertiary/aromatic N) is 1. The van der Waals surface area contributed by atoms with Crippen LogP contribution in [0.3, 0.4) is 0 Å². The number of hydrogen-bond acceptors (Lipinski definition) is 1. The number of benzene rings is 1. The van der Waals surface area contributed by atoms with Crippen molar-refractivity contribution in [3.05, 3.63) is 35.3 Å². The summed E-state index contributed by atoms with van der Waals surface area (Å²) in [5.41, 5.74) is 2.87. The van der Waals surface area contributed by atoms with Gasteiger partial charge in [-0.3, -0.25) is 4.39 Å². The van der Waals surface area contributed by atoms with Crippen LogP contribution in [0, 0.1) is 18.7 Å². The van der Waals surface area contributed by atoms with Crippen molar-refractivity contribution in [3.8, 4) is 0 Å². The molecule has 124 valence electrons. The van der Waals surface area contributed by atoms with Crippen molar-refractivity contribution in [3.63, 3.8) is 0 Å². The summed E-state index contributed by atoms with van der Waals surface area (Å²) in [5, 5.41) is 3.88. The van der Waals surface area contributed by atoms with Gasteiger partial charge >= 0.3 is 6.03 Å². The Labute approximate surface area is 133 Å². The van der Waals surface area contributed by atoms with Crippen LogP contribution in [-0.2, 0) is 6.42 Å². The Morgan fingerprint density at radius 3 is 2.96 bits per heavy atom. The standard InChI is InChI=1S/C17H21F2N3O/c1-11-14(15-3-2-13(19)8-16(15)21-11)5-7-20-17(23)22-9-12(10-22)4-6-18/h2-3,8,12,21H,4-7,9-10H2,1H3,(H,20,23). The van der Waals surface area contributed by atoms with Gasteiger partial charge in [-0.25, -0.2) is 9.18 Å². The van der Waals surface area contributed by atoms with Crippen LogP contribution >= 0.6 is 0 Å². The summed E-state index contributed by atoms with van der Waals surface area (Å²) in [5.74, 6) is 0.0377. The predicted octanol–water partition coefficient (Wildman–Crippen LogP) is 3.16. The molecule has 6 heteroatoms. The van der Waals surface area contributed by atoms with Crippen molar-refractivity contribution in [2.75, 3.05) is 26.3 Å². The van der Waals surface area contributed by atoms with Crippen LogP contribution in [0.15, 0.2) is 18.2 Å². The Morgan fingerprint density at radius 1 is 1.43 bits per heavy atom. The number of carbonyl (C=O) groups is 1. The van der Waals surface area contributed by atoms with Crippen LogP contribution < -0.4 is 5.32 Å². The first kappa shape index (κ1) is 15.8. The zero-order valence-electron chi connectivity index (χ0n) is 13.2. The summed E-state index contributed by atoms with van der Waals surface area (Å²) in [4.78, 5) is 16.8. The first-order valence-corrected chi connectivity index (χ1v) is 7.94. The third kappa shape index (κ3) is 3.30. The number of nitrogens with one attached hydrogen (secondary N) is 2. The van der Waals surface area contributed by atoms with Gasteiger partial charge in [0.05, 0.1) is 6.67 Å². The molecule has 0 bridgehead atoms. The zero-order valence-corrected chi connectivity index (χ0v) is 13.2. The lowest BCUT2D eigenvalue weighted by Crippen LogP contribution is -2.54. The van der Waals surface area contributed by atoms with E-state index in [1.54, 1.807) is 11.0 Å². The van der Waals surface area contributed by atoms with Crippen LogP contribution in [0.1, 0.15) is 17.7 Å². The molecule has 2 aromatic rings. The minimum absolute atomic E-state index is 0.0938. The number of fused-ring (bicyclic) bond motifs is 1. The summed E-state index contributed by atoms with van der Waals surface area (Å²) in [6.45, 7) is 3.43. The van der Waals surface area contributed by atoms with E-state index in [-0.39, 0.29) is 18.5 Å². The number of alkyl halides is 1. The molecule has 0 saturated carbocycles. The van der Waals surface area contributed by atoms with Crippen LogP contribution in [-0.4, -0.2) is 42.2 Å². The number of carbonyl (C=O) groups excluding carboxylic acids is 1. The van der Waals surface area contributed by atoms with Gasteiger partial charge in [0.1, 0.15) is 5.82 Å². The van der Waals surface area contributed by atoms with E-state index in [2.05, 4.69) is 10.3 Å². The van der Waals surface area contributed by atoms with Gasteiger partial charge in [-0.05, 0) is 49.4 Å². The molecule has 2 amide bonds. The Morgan fingerprint density at radius 2 is 2.22 bits per heavy atom. The lowest BCUT2D eigenvalue weighted by atomic mass is 9.98. The number of hydrogen-bond donors (Lipinski definition) is 2. The topological polar surface area (TPSA) is 48.1 Å². The Kier molecular flexibility index (Phi) is 4.50. The van der Waals surface area contributed by atoms with Crippen LogP contribution in [0.25, 0.3) is 10.9 Å². The van der Waals surface area contributed by atoms with E-state index in [1.165, 1.54) is 12.1 Å².